The molecule has 1 unspecified atom stereocenters. The van der Waals surface area contributed by atoms with Crippen LogP contribution in [0.4, 0.5) is 13.2 Å². The Balaban J connectivity index is 0.00000338. The molecule has 1 aliphatic rings. The van der Waals surface area contributed by atoms with Crippen LogP contribution in [0.25, 0.3) is 0 Å². The van der Waals surface area contributed by atoms with Crippen LogP contribution in [0.5, 0.6) is 5.75 Å². The average Bonchev–Trinajstić information content (AvgIpc) is 3.06. The third kappa shape index (κ3) is 7.98. The highest BCUT2D eigenvalue weighted by molar-refractivity contribution is 14.0. The van der Waals surface area contributed by atoms with E-state index in [9.17, 15) is 13.2 Å². The van der Waals surface area contributed by atoms with E-state index in [-0.39, 0.29) is 29.7 Å². The summed E-state index contributed by atoms with van der Waals surface area (Å²) in [6, 6.07) is 6.60. The van der Waals surface area contributed by atoms with Crippen LogP contribution in [0, 0.1) is 5.92 Å². The summed E-state index contributed by atoms with van der Waals surface area (Å²) in [6.45, 7) is 1.56. The number of aliphatic imine (C=N–C) groups is 1. The molecule has 5 nitrogen and oxygen atoms in total. The van der Waals surface area contributed by atoms with E-state index < -0.39 is 12.8 Å². The standard InChI is InChI=1S/C17H24F3N3O2.HI/c1-21-16(23(2)10-14-6-7-24-11-14)22-9-13-4-3-5-15(8-13)25-12-17(18,19)20;/h3-5,8,14H,6-7,9-12H2,1-2H3,(H,21,22);1H. The molecule has 1 atom stereocenters. The van der Waals surface area contributed by atoms with Gasteiger partial charge in [-0.15, -0.1) is 24.0 Å². The fourth-order valence-electron chi connectivity index (χ4n) is 2.68. The maximum absolute atomic E-state index is 12.2. The first kappa shape index (κ1) is 22.8. The Labute approximate surface area is 169 Å². The van der Waals surface area contributed by atoms with Crippen LogP contribution in [0.2, 0.25) is 0 Å². The van der Waals surface area contributed by atoms with Crippen molar-refractivity contribution in [3.8, 4) is 5.75 Å². The summed E-state index contributed by atoms with van der Waals surface area (Å²) in [7, 11) is 3.66. The third-order valence-corrected chi connectivity index (χ3v) is 3.88. The number of guanidine groups is 1. The maximum Gasteiger partial charge on any atom is 0.422 e. The van der Waals surface area contributed by atoms with Crippen molar-refractivity contribution in [1.82, 2.24) is 10.2 Å². The molecule has 26 heavy (non-hydrogen) atoms. The average molecular weight is 487 g/mol. The first-order chi connectivity index (χ1) is 11.9. The molecule has 0 saturated carbocycles. The lowest BCUT2D eigenvalue weighted by molar-refractivity contribution is -0.153. The number of alkyl halides is 3. The molecular formula is C17H25F3IN3O2. The highest BCUT2D eigenvalue weighted by Crippen LogP contribution is 2.19. The number of nitrogens with one attached hydrogen (secondary N) is 1. The van der Waals surface area contributed by atoms with Crippen molar-refractivity contribution in [2.75, 3.05) is 40.5 Å². The van der Waals surface area contributed by atoms with Crippen LogP contribution in [0.1, 0.15) is 12.0 Å². The Morgan fingerprint density at radius 2 is 2.19 bits per heavy atom. The van der Waals surface area contributed by atoms with Gasteiger partial charge in [0.15, 0.2) is 12.6 Å². The molecule has 0 aromatic heterocycles. The van der Waals surface area contributed by atoms with Gasteiger partial charge >= 0.3 is 6.18 Å². The predicted molar refractivity (Wildman–Crippen MR) is 105 cm³/mol. The van der Waals surface area contributed by atoms with Gasteiger partial charge in [-0.25, -0.2) is 0 Å². The molecule has 1 fully saturated rings. The van der Waals surface area contributed by atoms with E-state index in [0.29, 0.717) is 12.5 Å². The molecule has 0 bridgehead atoms. The molecule has 0 amide bonds. The summed E-state index contributed by atoms with van der Waals surface area (Å²) in [6.07, 6.45) is -3.30. The minimum Gasteiger partial charge on any atom is -0.484 e. The summed E-state index contributed by atoms with van der Waals surface area (Å²) in [4.78, 5) is 6.28. The second-order valence-corrected chi connectivity index (χ2v) is 6.06. The van der Waals surface area contributed by atoms with Crippen LogP contribution in [-0.2, 0) is 11.3 Å². The van der Waals surface area contributed by atoms with Gasteiger partial charge in [0.05, 0.1) is 6.61 Å². The second kappa shape index (κ2) is 10.8. The lowest BCUT2D eigenvalue weighted by Crippen LogP contribution is -2.41. The lowest BCUT2D eigenvalue weighted by atomic mass is 10.1. The molecule has 9 heteroatoms. The van der Waals surface area contributed by atoms with Gasteiger partial charge in [-0.1, -0.05) is 12.1 Å². The molecule has 1 saturated heterocycles. The van der Waals surface area contributed by atoms with Gasteiger partial charge in [0.2, 0.25) is 0 Å². The number of rotatable bonds is 6. The van der Waals surface area contributed by atoms with Crippen molar-refractivity contribution in [1.29, 1.82) is 0 Å². The largest absolute Gasteiger partial charge is 0.484 e. The van der Waals surface area contributed by atoms with E-state index in [0.717, 1.165) is 37.7 Å². The Kier molecular flexibility index (Phi) is 9.48. The van der Waals surface area contributed by atoms with Crippen LogP contribution in [-0.4, -0.2) is 57.5 Å². The Bertz CT molecular complexity index is 579. The fourth-order valence-corrected chi connectivity index (χ4v) is 2.68. The van der Waals surface area contributed by atoms with E-state index in [1.807, 2.05) is 18.0 Å². The molecule has 1 aliphatic heterocycles. The molecule has 1 heterocycles. The lowest BCUT2D eigenvalue weighted by Gasteiger charge is -2.24. The van der Waals surface area contributed by atoms with Crippen LogP contribution in [0.15, 0.2) is 29.3 Å². The maximum atomic E-state index is 12.2. The van der Waals surface area contributed by atoms with Crippen molar-refractivity contribution in [2.24, 2.45) is 10.9 Å². The van der Waals surface area contributed by atoms with E-state index >= 15 is 0 Å². The summed E-state index contributed by atoms with van der Waals surface area (Å²) in [5, 5.41) is 3.22. The van der Waals surface area contributed by atoms with Crippen molar-refractivity contribution >= 4 is 29.9 Å². The molecule has 1 N–H and O–H groups in total. The van der Waals surface area contributed by atoms with Gasteiger partial charge in [0, 0.05) is 39.7 Å². The molecular weight excluding hydrogens is 462 g/mol. The predicted octanol–water partition coefficient (Wildman–Crippen LogP) is 3.29. The fraction of sp³-hybridized carbons (Fsp3) is 0.588. The van der Waals surface area contributed by atoms with Gasteiger partial charge < -0.3 is 19.7 Å². The molecule has 148 valence electrons. The van der Waals surface area contributed by atoms with Crippen molar-refractivity contribution in [2.45, 2.75) is 19.1 Å². The Morgan fingerprint density at radius 1 is 1.42 bits per heavy atom. The van der Waals surface area contributed by atoms with Gasteiger partial charge in [-0.2, -0.15) is 13.2 Å². The van der Waals surface area contributed by atoms with Crippen molar-refractivity contribution < 1.29 is 22.6 Å². The van der Waals surface area contributed by atoms with E-state index in [1.165, 1.54) is 6.07 Å². The van der Waals surface area contributed by atoms with Gasteiger partial charge in [0.1, 0.15) is 5.75 Å². The summed E-state index contributed by atoms with van der Waals surface area (Å²) >= 11 is 0. The number of hydrogen-bond acceptors (Lipinski definition) is 3. The zero-order valence-corrected chi connectivity index (χ0v) is 17.2. The van der Waals surface area contributed by atoms with Crippen LogP contribution in [0.3, 0.4) is 0 Å². The number of hydrogen-bond donors (Lipinski definition) is 1. The van der Waals surface area contributed by atoms with E-state index in [2.05, 4.69) is 10.3 Å². The van der Waals surface area contributed by atoms with Crippen LogP contribution < -0.4 is 10.1 Å². The summed E-state index contributed by atoms with van der Waals surface area (Å²) in [5.41, 5.74) is 0.818. The number of benzene rings is 1. The molecule has 1 aromatic rings. The topological polar surface area (TPSA) is 46.1 Å². The Hall–Kier alpha value is -1.23. The van der Waals surface area contributed by atoms with Crippen molar-refractivity contribution in [3.63, 3.8) is 0 Å². The van der Waals surface area contributed by atoms with Gasteiger partial charge in [-0.05, 0) is 24.1 Å². The number of halogens is 4. The SMILES string of the molecule is CN=C(NCc1cccc(OCC(F)(F)F)c1)N(C)CC1CCOC1.I. The third-order valence-electron chi connectivity index (χ3n) is 3.88. The molecule has 0 radical (unpaired) electrons. The van der Waals surface area contributed by atoms with E-state index in [4.69, 9.17) is 9.47 Å². The van der Waals surface area contributed by atoms with Gasteiger partial charge in [-0.3, -0.25) is 4.99 Å². The zero-order chi connectivity index (χ0) is 18.3. The number of nitrogens with zero attached hydrogens (tertiary/aromatic N) is 2. The van der Waals surface area contributed by atoms with Gasteiger partial charge in [0.25, 0.3) is 0 Å². The smallest absolute Gasteiger partial charge is 0.422 e. The minimum absolute atomic E-state index is 0. The highest BCUT2D eigenvalue weighted by atomic mass is 127. The molecule has 0 aliphatic carbocycles. The van der Waals surface area contributed by atoms with Crippen LogP contribution >= 0.6 is 24.0 Å². The molecule has 1 aromatic carbocycles. The monoisotopic (exact) mass is 487 g/mol. The Morgan fingerprint density at radius 3 is 2.81 bits per heavy atom. The van der Waals surface area contributed by atoms with Crippen molar-refractivity contribution in [3.05, 3.63) is 29.8 Å². The minimum atomic E-state index is -4.34. The first-order valence-corrected chi connectivity index (χ1v) is 8.15. The second-order valence-electron chi connectivity index (χ2n) is 6.06. The molecule has 2 rings (SSSR count). The van der Waals surface area contributed by atoms with E-state index in [1.54, 1.807) is 19.2 Å². The zero-order valence-electron chi connectivity index (χ0n) is 14.9. The quantitative estimate of drug-likeness (QED) is 0.380. The molecule has 0 spiro atoms. The number of ether oxygens (including phenoxy) is 2. The summed E-state index contributed by atoms with van der Waals surface area (Å²) in [5.74, 6) is 1.42. The first-order valence-electron chi connectivity index (χ1n) is 8.15. The summed E-state index contributed by atoms with van der Waals surface area (Å²) < 4.78 is 46.8. The highest BCUT2D eigenvalue weighted by Gasteiger charge is 2.28. The normalized spacial score (nSPS) is 17.6.